The lowest BCUT2D eigenvalue weighted by molar-refractivity contribution is 0.107. The molecule has 4 rings (SSSR count). The third-order valence-corrected chi connectivity index (χ3v) is 4.60. The van der Waals surface area contributed by atoms with Gasteiger partial charge in [-0.2, -0.15) is 0 Å². The van der Waals surface area contributed by atoms with Gasteiger partial charge in [0.2, 0.25) is 0 Å². The minimum atomic E-state index is 0. The molecule has 0 unspecified atom stereocenters. The molecular formula is C13H20Cl2N2. The van der Waals surface area contributed by atoms with Crippen LogP contribution in [0.4, 0.5) is 0 Å². The standard InChI is InChI=1S/C13H18N2.2ClH/c14-13-6-3-12(4-7-13,5-8-13)11-1-9-15-10-2-11;;/h1-2,9-10H,3-8,14H2;2*1H. The largest absolute Gasteiger partial charge is 0.325 e. The van der Waals surface area contributed by atoms with E-state index in [0.717, 1.165) is 0 Å². The highest BCUT2D eigenvalue weighted by Crippen LogP contribution is 2.52. The second-order valence-corrected chi connectivity index (χ2v) is 5.38. The van der Waals surface area contributed by atoms with Gasteiger partial charge in [-0.15, -0.1) is 24.8 Å². The monoisotopic (exact) mass is 274 g/mol. The topological polar surface area (TPSA) is 38.9 Å². The molecule has 4 heteroatoms. The highest BCUT2D eigenvalue weighted by atomic mass is 35.5. The van der Waals surface area contributed by atoms with Crippen molar-refractivity contribution in [2.24, 2.45) is 5.73 Å². The van der Waals surface area contributed by atoms with Crippen LogP contribution in [0.5, 0.6) is 0 Å². The first-order valence-electron chi connectivity index (χ1n) is 5.92. The molecule has 0 atom stereocenters. The van der Waals surface area contributed by atoms with Gasteiger partial charge < -0.3 is 5.73 Å². The first kappa shape index (κ1) is 14.7. The van der Waals surface area contributed by atoms with Crippen molar-refractivity contribution in [2.75, 3.05) is 0 Å². The maximum absolute atomic E-state index is 6.32. The molecule has 3 aliphatic carbocycles. The van der Waals surface area contributed by atoms with Gasteiger partial charge in [0.05, 0.1) is 0 Å². The number of pyridine rings is 1. The lowest BCUT2D eigenvalue weighted by Crippen LogP contribution is -2.53. The molecule has 0 saturated heterocycles. The average molecular weight is 275 g/mol. The zero-order chi connectivity index (χ0) is 10.4. The quantitative estimate of drug-likeness (QED) is 0.854. The molecule has 2 bridgehead atoms. The van der Waals surface area contributed by atoms with Crippen molar-refractivity contribution in [3.63, 3.8) is 0 Å². The summed E-state index contributed by atoms with van der Waals surface area (Å²) in [6.45, 7) is 0. The molecule has 0 radical (unpaired) electrons. The van der Waals surface area contributed by atoms with Crippen LogP contribution in [0.3, 0.4) is 0 Å². The molecule has 0 amide bonds. The van der Waals surface area contributed by atoms with Gasteiger partial charge in [0.1, 0.15) is 0 Å². The third kappa shape index (κ3) is 2.44. The molecule has 0 spiro atoms. The second kappa shape index (κ2) is 5.13. The summed E-state index contributed by atoms with van der Waals surface area (Å²) in [4.78, 5) is 4.11. The van der Waals surface area contributed by atoms with Crippen LogP contribution < -0.4 is 5.73 Å². The fraction of sp³-hybridized carbons (Fsp3) is 0.615. The predicted molar refractivity (Wildman–Crippen MR) is 75.0 cm³/mol. The Balaban J connectivity index is 0.000000722. The van der Waals surface area contributed by atoms with Gasteiger partial charge in [-0.05, 0) is 61.6 Å². The summed E-state index contributed by atoms with van der Waals surface area (Å²) in [5, 5.41) is 0. The van der Waals surface area contributed by atoms with E-state index < -0.39 is 0 Å². The number of nitrogens with zero attached hydrogens (tertiary/aromatic N) is 1. The summed E-state index contributed by atoms with van der Waals surface area (Å²) < 4.78 is 0. The highest BCUT2D eigenvalue weighted by molar-refractivity contribution is 5.85. The fourth-order valence-corrected chi connectivity index (χ4v) is 3.35. The Labute approximate surface area is 115 Å². The third-order valence-electron chi connectivity index (χ3n) is 4.60. The van der Waals surface area contributed by atoms with Gasteiger partial charge in [0, 0.05) is 17.9 Å². The zero-order valence-corrected chi connectivity index (χ0v) is 11.5. The summed E-state index contributed by atoms with van der Waals surface area (Å²) in [6, 6.07) is 4.38. The van der Waals surface area contributed by atoms with Crippen LogP contribution in [-0.4, -0.2) is 10.5 Å². The van der Waals surface area contributed by atoms with Gasteiger partial charge in [-0.3, -0.25) is 4.98 Å². The maximum Gasteiger partial charge on any atom is 0.0270 e. The number of rotatable bonds is 1. The minimum Gasteiger partial charge on any atom is -0.325 e. The summed E-state index contributed by atoms with van der Waals surface area (Å²) in [5.41, 5.74) is 8.42. The molecule has 2 N–H and O–H groups in total. The van der Waals surface area contributed by atoms with E-state index in [0.29, 0.717) is 5.41 Å². The van der Waals surface area contributed by atoms with Crippen molar-refractivity contribution in [1.29, 1.82) is 0 Å². The van der Waals surface area contributed by atoms with Crippen LogP contribution in [0.25, 0.3) is 0 Å². The van der Waals surface area contributed by atoms with Gasteiger partial charge in [-0.25, -0.2) is 0 Å². The number of hydrogen-bond acceptors (Lipinski definition) is 2. The van der Waals surface area contributed by atoms with Crippen LogP contribution in [0, 0.1) is 0 Å². The number of nitrogens with two attached hydrogens (primary N) is 1. The lowest BCUT2D eigenvalue weighted by Gasteiger charge is -2.52. The Hall–Kier alpha value is -0.310. The molecular weight excluding hydrogens is 255 g/mol. The van der Waals surface area contributed by atoms with Gasteiger partial charge in [0.25, 0.3) is 0 Å². The number of fused-ring (bicyclic) bond motifs is 3. The summed E-state index contributed by atoms with van der Waals surface area (Å²) in [5.74, 6) is 0. The molecule has 1 heterocycles. The van der Waals surface area contributed by atoms with E-state index in [2.05, 4.69) is 17.1 Å². The van der Waals surface area contributed by atoms with Gasteiger partial charge >= 0.3 is 0 Å². The van der Waals surface area contributed by atoms with Gasteiger partial charge in [-0.1, -0.05) is 0 Å². The lowest BCUT2D eigenvalue weighted by atomic mass is 9.55. The van der Waals surface area contributed by atoms with Crippen LogP contribution in [0.1, 0.15) is 44.1 Å². The average Bonchev–Trinajstić information content (AvgIpc) is 2.32. The van der Waals surface area contributed by atoms with Crippen molar-refractivity contribution in [3.8, 4) is 0 Å². The molecule has 3 fully saturated rings. The van der Waals surface area contributed by atoms with Crippen molar-refractivity contribution in [1.82, 2.24) is 4.98 Å². The van der Waals surface area contributed by atoms with E-state index in [4.69, 9.17) is 5.73 Å². The molecule has 2 nitrogen and oxygen atoms in total. The van der Waals surface area contributed by atoms with E-state index in [1.54, 1.807) is 0 Å². The van der Waals surface area contributed by atoms with E-state index in [1.807, 2.05) is 12.4 Å². The molecule has 3 aliphatic rings. The Bertz CT molecular complexity index is 342. The van der Waals surface area contributed by atoms with Crippen molar-refractivity contribution in [2.45, 2.75) is 49.5 Å². The SMILES string of the molecule is Cl.Cl.NC12CCC(c3ccncc3)(CC1)CC2. The number of halogens is 2. The van der Waals surface area contributed by atoms with Crippen LogP contribution in [0.2, 0.25) is 0 Å². The molecule has 1 aromatic rings. The molecule has 1 aromatic heterocycles. The molecule has 0 aromatic carbocycles. The van der Waals surface area contributed by atoms with E-state index in [9.17, 15) is 0 Å². The van der Waals surface area contributed by atoms with Crippen molar-refractivity contribution in [3.05, 3.63) is 30.1 Å². The number of aromatic nitrogens is 1. The summed E-state index contributed by atoms with van der Waals surface area (Å²) in [6.07, 6.45) is 11.3. The Kier molecular flexibility index (Phi) is 4.45. The first-order valence-corrected chi connectivity index (χ1v) is 5.92. The van der Waals surface area contributed by atoms with Crippen molar-refractivity contribution < 1.29 is 0 Å². The van der Waals surface area contributed by atoms with Crippen LogP contribution in [-0.2, 0) is 5.41 Å². The zero-order valence-electron chi connectivity index (χ0n) is 9.89. The Morgan fingerprint density at radius 1 is 0.882 bits per heavy atom. The Morgan fingerprint density at radius 2 is 1.35 bits per heavy atom. The van der Waals surface area contributed by atoms with E-state index >= 15 is 0 Å². The van der Waals surface area contributed by atoms with Crippen LogP contribution >= 0.6 is 24.8 Å². The van der Waals surface area contributed by atoms with Crippen LogP contribution in [0.15, 0.2) is 24.5 Å². The predicted octanol–water partition coefficient (Wildman–Crippen LogP) is 3.23. The van der Waals surface area contributed by atoms with E-state index in [1.165, 1.54) is 44.1 Å². The minimum absolute atomic E-state index is 0. The fourth-order valence-electron chi connectivity index (χ4n) is 3.35. The van der Waals surface area contributed by atoms with Crippen molar-refractivity contribution >= 4 is 24.8 Å². The highest BCUT2D eigenvalue weighted by Gasteiger charge is 2.47. The normalized spacial score (nSPS) is 34.6. The Morgan fingerprint density at radius 3 is 1.82 bits per heavy atom. The van der Waals surface area contributed by atoms with E-state index in [-0.39, 0.29) is 30.4 Å². The second-order valence-electron chi connectivity index (χ2n) is 5.38. The molecule has 3 saturated carbocycles. The van der Waals surface area contributed by atoms with Gasteiger partial charge in [0.15, 0.2) is 0 Å². The smallest absolute Gasteiger partial charge is 0.0270 e. The summed E-state index contributed by atoms with van der Waals surface area (Å²) in [7, 11) is 0. The maximum atomic E-state index is 6.32. The molecule has 17 heavy (non-hydrogen) atoms. The first-order chi connectivity index (χ1) is 7.23. The summed E-state index contributed by atoms with van der Waals surface area (Å²) >= 11 is 0. The molecule has 0 aliphatic heterocycles. The molecule has 96 valence electrons. The number of hydrogen-bond donors (Lipinski definition) is 1.